The first-order valence-corrected chi connectivity index (χ1v) is 13.4. The zero-order valence-corrected chi connectivity index (χ0v) is 21.9. The Morgan fingerprint density at radius 1 is 0.892 bits per heavy atom. The summed E-state index contributed by atoms with van der Waals surface area (Å²) in [6.07, 6.45) is 0. The van der Waals surface area contributed by atoms with E-state index >= 15 is 0 Å². The van der Waals surface area contributed by atoms with Crippen molar-refractivity contribution in [3.8, 4) is 5.75 Å². The molecule has 0 radical (unpaired) electrons. The van der Waals surface area contributed by atoms with Crippen LogP contribution in [0.2, 0.25) is 0 Å². The predicted octanol–water partition coefficient (Wildman–Crippen LogP) is 5.46. The molecule has 4 aromatic carbocycles. The molecule has 0 amide bonds. The van der Waals surface area contributed by atoms with E-state index in [0.29, 0.717) is 6.61 Å². The van der Waals surface area contributed by atoms with Gasteiger partial charge in [0.15, 0.2) is 0 Å². The minimum Gasteiger partial charge on any atom is -0.726 e. The SMILES string of the molecule is CCOc1ccc(CNc2ccc(C3=[N+](CC)c4cccc5cccc3c45)cc2)cc1.COS(=O)(=O)[O-]. The van der Waals surface area contributed by atoms with Gasteiger partial charge in [0.25, 0.3) is 0 Å². The van der Waals surface area contributed by atoms with Crippen molar-refractivity contribution in [2.24, 2.45) is 0 Å². The summed E-state index contributed by atoms with van der Waals surface area (Å²) in [6, 6.07) is 30.3. The smallest absolute Gasteiger partial charge is 0.221 e. The fourth-order valence-corrected chi connectivity index (χ4v) is 4.47. The number of hydrogen-bond acceptors (Lipinski definition) is 6. The van der Waals surface area contributed by atoms with Crippen LogP contribution < -0.4 is 10.1 Å². The van der Waals surface area contributed by atoms with Crippen LogP contribution in [-0.2, 0) is 21.1 Å². The summed E-state index contributed by atoms with van der Waals surface area (Å²) in [7, 11) is -3.60. The molecule has 37 heavy (non-hydrogen) atoms. The molecule has 0 fully saturated rings. The highest BCUT2D eigenvalue weighted by Gasteiger charge is 2.31. The third-order valence-corrected chi connectivity index (χ3v) is 6.52. The standard InChI is InChI=1S/C28H26N2O.CH4O4S/c1-3-30-26-10-6-8-21-7-5-9-25(27(21)26)28(30)22-13-15-23(16-14-22)29-19-20-11-17-24(18-12-20)31-4-2;1-5-6(2,3)4/h5-18H,3-4,19H2,1-2H3;1H3,(H,2,3,4). The molecule has 192 valence electrons. The van der Waals surface area contributed by atoms with Crippen molar-refractivity contribution >= 4 is 38.3 Å². The van der Waals surface area contributed by atoms with Gasteiger partial charge in [-0.05, 0) is 67.3 Å². The highest BCUT2D eigenvalue weighted by atomic mass is 32.3. The van der Waals surface area contributed by atoms with Gasteiger partial charge in [-0.3, -0.25) is 4.18 Å². The van der Waals surface area contributed by atoms with Crippen LogP contribution in [0, 0.1) is 0 Å². The van der Waals surface area contributed by atoms with Crippen molar-refractivity contribution in [2.75, 3.05) is 25.6 Å². The number of anilines is 1. The van der Waals surface area contributed by atoms with Crippen LogP contribution >= 0.6 is 0 Å². The number of benzene rings is 4. The van der Waals surface area contributed by atoms with E-state index in [-0.39, 0.29) is 0 Å². The molecule has 0 atom stereocenters. The molecule has 1 aliphatic rings. The van der Waals surface area contributed by atoms with Crippen LogP contribution in [-0.4, -0.2) is 43.5 Å². The summed E-state index contributed by atoms with van der Waals surface area (Å²) < 4.78 is 39.0. The van der Waals surface area contributed by atoms with E-state index in [9.17, 15) is 13.0 Å². The second kappa shape index (κ2) is 11.6. The van der Waals surface area contributed by atoms with Gasteiger partial charge in [-0.1, -0.05) is 36.4 Å². The molecule has 0 bridgehead atoms. The molecule has 5 rings (SSSR count). The van der Waals surface area contributed by atoms with E-state index in [4.69, 9.17) is 4.74 Å². The second-order valence-corrected chi connectivity index (χ2v) is 9.51. The van der Waals surface area contributed by atoms with E-state index < -0.39 is 10.4 Å². The summed E-state index contributed by atoms with van der Waals surface area (Å²) >= 11 is 0. The average Bonchev–Trinajstić information content (AvgIpc) is 3.24. The van der Waals surface area contributed by atoms with Gasteiger partial charge >= 0.3 is 0 Å². The van der Waals surface area contributed by atoms with Gasteiger partial charge in [0.2, 0.25) is 21.8 Å². The molecular formula is C29H30N2O5S. The minimum atomic E-state index is -4.41. The van der Waals surface area contributed by atoms with Crippen LogP contribution in [0.15, 0.2) is 84.9 Å². The summed E-state index contributed by atoms with van der Waals surface area (Å²) in [4.78, 5) is 0. The van der Waals surface area contributed by atoms with Gasteiger partial charge in [-0.25, -0.2) is 8.42 Å². The molecule has 0 unspecified atom stereocenters. The number of hydrogen-bond donors (Lipinski definition) is 1. The molecule has 7 nitrogen and oxygen atoms in total. The molecule has 0 saturated heterocycles. The summed E-state index contributed by atoms with van der Waals surface area (Å²) in [5.74, 6) is 0.917. The first kappa shape index (κ1) is 26.3. The van der Waals surface area contributed by atoms with Gasteiger partial charge < -0.3 is 14.6 Å². The normalized spacial score (nSPS) is 12.3. The van der Waals surface area contributed by atoms with Gasteiger partial charge in [0.05, 0.1) is 24.7 Å². The number of rotatable bonds is 8. The molecule has 1 heterocycles. The van der Waals surface area contributed by atoms with Crippen LogP contribution in [0.3, 0.4) is 0 Å². The lowest BCUT2D eigenvalue weighted by atomic mass is 9.98. The third kappa shape index (κ3) is 6.17. The van der Waals surface area contributed by atoms with E-state index in [1.54, 1.807) is 0 Å². The lowest BCUT2D eigenvalue weighted by Gasteiger charge is -2.09. The maximum absolute atomic E-state index is 9.22. The Hall–Kier alpha value is -3.72. The Bertz CT molecular complexity index is 1510. The first-order valence-electron chi connectivity index (χ1n) is 12.1. The average molecular weight is 519 g/mol. The molecule has 0 aliphatic carbocycles. The van der Waals surface area contributed by atoms with Gasteiger partial charge in [0.1, 0.15) is 12.3 Å². The van der Waals surface area contributed by atoms with E-state index in [1.165, 1.54) is 38.9 Å². The molecule has 8 heteroatoms. The molecule has 4 aromatic rings. The van der Waals surface area contributed by atoms with Crippen molar-refractivity contribution in [2.45, 2.75) is 20.4 Å². The van der Waals surface area contributed by atoms with Gasteiger partial charge in [0, 0.05) is 23.9 Å². The summed E-state index contributed by atoms with van der Waals surface area (Å²) in [5, 5.41) is 6.19. The van der Waals surface area contributed by atoms with Crippen molar-refractivity contribution < 1.29 is 26.5 Å². The maximum atomic E-state index is 9.22. The van der Waals surface area contributed by atoms with E-state index in [2.05, 4.69) is 93.8 Å². The van der Waals surface area contributed by atoms with Crippen molar-refractivity contribution in [3.05, 3.63) is 102 Å². The Morgan fingerprint density at radius 3 is 2.14 bits per heavy atom. The highest BCUT2D eigenvalue weighted by molar-refractivity contribution is 7.80. The Morgan fingerprint density at radius 2 is 1.54 bits per heavy atom. The van der Waals surface area contributed by atoms with Crippen molar-refractivity contribution in [1.82, 2.24) is 0 Å². The van der Waals surface area contributed by atoms with Crippen molar-refractivity contribution in [1.29, 1.82) is 0 Å². The van der Waals surface area contributed by atoms with Crippen LogP contribution in [0.1, 0.15) is 30.5 Å². The van der Waals surface area contributed by atoms with Crippen LogP contribution in [0.4, 0.5) is 11.4 Å². The lowest BCUT2D eigenvalue weighted by molar-refractivity contribution is -0.431. The first-order chi connectivity index (χ1) is 17.8. The largest absolute Gasteiger partial charge is 0.726 e. The monoisotopic (exact) mass is 518 g/mol. The van der Waals surface area contributed by atoms with Crippen LogP contribution in [0.5, 0.6) is 5.75 Å². The predicted molar refractivity (Wildman–Crippen MR) is 146 cm³/mol. The number of nitrogens with zero attached hydrogens (tertiary/aromatic N) is 1. The molecular weight excluding hydrogens is 488 g/mol. The fraction of sp³-hybridized carbons (Fsp3) is 0.207. The fourth-order valence-electron chi connectivity index (χ4n) is 4.47. The zero-order valence-electron chi connectivity index (χ0n) is 21.1. The third-order valence-electron chi connectivity index (χ3n) is 6.11. The molecule has 1 N–H and O–H groups in total. The Labute approximate surface area is 218 Å². The number of nitrogens with one attached hydrogen (secondary N) is 1. The van der Waals surface area contributed by atoms with E-state index in [1.807, 2.05) is 19.1 Å². The van der Waals surface area contributed by atoms with Crippen molar-refractivity contribution in [3.63, 3.8) is 0 Å². The highest BCUT2D eigenvalue weighted by Crippen LogP contribution is 2.36. The number of ether oxygens (including phenoxy) is 1. The molecule has 1 aliphatic heterocycles. The van der Waals surface area contributed by atoms with Gasteiger partial charge in [-0.2, -0.15) is 4.58 Å². The lowest BCUT2D eigenvalue weighted by Crippen LogP contribution is -2.15. The van der Waals surface area contributed by atoms with E-state index in [0.717, 1.165) is 31.6 Å². The maximum Gasteiger partial charge on any atom is 0.221 e. The summed E-state index contributed by atoms with van der Waals surface area (Å²) in [5.41, 5.74) is 7.53. The summed E-state index contributed by atoms with van der Waals surface area (Å²) in [6.45, 7) is 6.65. The molecule has 0 saturated carbocycles. The molecule has 0 spiro atoms. The van der Waals surface area contributed by atoms with Crippen LogP contribution in [0.25, 0.3) is 10.8 Å². The second-order valence-electron chi connectivity index (χ2n) is 8.36. The topological polar surface area (TPSA) is 90.7 Å². The Kier molecular flexibility index (Phi) is 8.23. The van der Waals surface area contributed by atoms with Gasteiger partial charge in [-0.15, -0.1) is 0 Å². The Balaban J connectivity index is 0.000000480. The zero-order chi connectivity index (χ0) is 26.4. The molecule has 0 aromatic heterocycles. The minimum absolute atomic E-state index is 0.692. The quantitative estimate of drug-likeness (QED) is 0.189.